The van der Waals surface area contributed by atoms with Gasteiger partial charge in [0.05, 0.1) is 27.6 Å². The molecule has 8 aromatic carbocycles. The molecule has 0 radical (unpaired) electrons. The fourth-order valence-electron chi connectivity index (χ4n) is 11.0. The number of furan rings is 1. The van der Waals surface area contributed by atoms with E-state index in [4.69, 9.17) is 14.4 Å². The number of aromatic amines is 1. The fourth-order valence-corrected chi connectivity index (χ4v) is 11.0. The van der Waals surface area contributed by atoms with Gasteiger partial charge in [-0.15, -0.1) is 0 Å². The predicted molar refractivity (Wildman–Crippen MR) is 279 cm³/mol. The lowest BCUT2D eigenvalue weighted by Crippen LogP contribution is -2.11. The summed E-state index contributed by atoms with van der Waals surface area (Å²) >= 11 is 0. The lowest BCUT2D eigenvalue weighted by atomic mass is 9.84. The van der Waals surface area contributed by atoms with Crippen LogP contribution < -0.4 is 0 Å². The Bertz CT molecular complexity index is 4130. The number of H-pyrrole nitrogens is 1. The first-order valence-corrected chi connectivity index (χ1v) is 23.1. The first kappa shape index (κ1) is 39.2. The lowest BCUT2D eigenvalue weighted by molar-refractivity contribution is 0.591. The Kier molecular flexibility index (Phi) is 8.41. The van der Waals surface area contributed by atoms with Gasteiger partial charge in [-0.2, -0.15) is 0 Å². The molecule has 6 nitrogen and oxygen atoms in total. The van der Waals surface area contributed by atoms with Crippen molar-refractivity contribution in [3.63, 3.8) is 0 Å². The third-order valence-electron chi connectivity index (χ3n) is 13.9. The molecule has 5 heterocycles. The maximum atomic E-state index is 6.44. The van der Waals surface area contributed by atoms with Gasteiger partial charge < -0.3 is 9.40 Å². The van der Waals surface area contributed by atoms with E-state index in [-0.39, 0.29) is 5.41 Å². The summed E-state index contributed by atoms with van der Waals surface area (Å²) in [5.74, 6) is 1.76. The molecule has 0 aliphatic carbocycles. The summed E-state index contributed by atoms with van der Waals surface area (Å²) in [6.45, 7) is 13.5. The van der Waals surface area contributed by atoms with Crippen molar-refractivity contribution in [1.29, 1.82) is 0 Å². The van der Waals surface area contributed by atoms with Gasteiger partial charge >= 0.3 is 0 Å². The standard InChI is InChI=1S/C61H47N5O/c1-35-29-36(2)55(37(3)30-35)39-23-26-49-45(31-39)43-24-22-38(32-51(43)66(49)54-21-12-13-28-62-54)42-18-14-19-50-59(42)64-60(65(50)41-15-8-7-9-16-41)47-34-40(61(4,5)6)33-46-56-48(63-58(46)47)25-27-53-57(56)44-17-10-11-20-52(44)67-53/h7-34,63H,1-6H3. The molecule has 0 aliphatic rings. The summed E-state index contributed by atoms with van der Waals surface area (Å²) in [4.78, 5) is 14.6. The Morgan fingerprint density at radius 3 is 2.13 bits per heavy atom. The predicted octanol–water partition coefficient (Wildman–Crippen LogP) is 16.3. The number of imidazole rings is 1. The van der Waals surface area contributed by atoms with E-state index >= 15 is 0 Å². The molecular formula is C61H47N5O. The van der Waals surface area contributed by atoms with Crippen molar-refractivity contribution in [3.05, 3.63) is 192 Å². The van der Waals surface area contributed by atoms with E-state index < -0.39 is 0 Å². The highest BCUT2D eigenvalue weighted by Gasteiger charge is 2.26. The second-order valence-corrected chi connectivity index (χ2v) is 19.3. The van der Waals surface area contributed by atoms with Crippen LogP contribution in [0.15, 0.2) is 174 Å². The smallest absolute Gasteiger partial charge is 0.147 e. The third kappa shape index (κ3) is 5.95. The van der Waals surface area contributed by atoms with Crippen LogP contribution >= 0.6 is 0 Å². The quantitative estimate of drug-likeness (QED) is 0.187. The van der Waals surface area contributed by atoms with Crippen LogP contribution in [-0.2, 0) is 5.41 Å². The van der Waals surface area contributed by atoms with Crippen LogP contribution in [0.2, 0.25) is 0 Å². The summed E-state index contributed by atoms with van der Waals surface area (Å²) in [6.07, 6.45) is 1.88. The molecule has 67 heavy (non-hydrogen) atoms. The average Bonchev–Trinajstić information content (AvgIpc) is 4.10. The van der Waals surface area contributed by atoms with Crippen molar-refractivity contribution in [2.24, 2.45) is 0 Å². The van der Waals surface area contributed by atoms with Crippen molar-refractivity contribution in [3.8, 4) is 45.1 Å². The molecule has 0 fully saturated rings. The highest BCUT2D eigenvalue weighted by molar-refractivity contribution is 6.28. The number of rotatable bonds is 5. The molecule has 0 aliphatic heterocycles. The molecule has 0 bridgehead atoms. The Labute approximate surface area is 387 Å². The number of nitrogens with one attached hydrogen (secondary N) is 1. The molecule has 13 aromatic rings. The van der Waals surface area contributed by atoms with Crippen LogP contribution in [0.3, 0.4) is 0 Å². The van der Waals surface area contributed by atoms with Crippen LogP contribution in [0.25, 0.3) is 122 Å². The maximum absolute atomic E-state index is 6.44. The molecule has 5 aromatic heterocycles. The Morgan fingerprint density at radius 2 is 1.33 bits per heavy atom. The van der Waals surface area contributed by atoms with Gasteiger partial charge in [0, 0.05) is 60.8 Å². The molecule has 0 saturated heterocycles. The van der Waals surface area contributed by atoms with Gasteiger partial charge in [-0.25, -0.2) is 9.97 Å². The molecule has 0 spiro atoms. The van der Waals surface area contributed by atoms with Crippen molar-refractivity contribution in [1.82, 2.24) is 24.1 Å². The number of hydrogen-bond donors (Lipinski definition) is 1. The van der Waals surface area contributed by atoms with Crippen LogP contribution in [0.5, 0.6) is 0 Å². The first-order chi connectivity index (χ1) is 32.6. The van der Waals surface area contributed by atoms with Crippen LogP contribution in [-0.4, -0.2) is 24.1 Å². The second-order valence-electron chi connectivity index (χ2n) is 19.3. The third-order valence-corrected chi connectivity index (χ3v) is 13.9. The molecule has 13 rings (SSSR count). The van der Waals surface area contributed by atoms with E-state index in [0.29, 0.717) is 0 Å². The molecule has 0 atom stereocenters. The Balaban J connectivity index is 1.08. The minimum absolute atomic E-state index is 0.145. The van der Waals surface area contributed by atoms with Gasteiger partial charge in [0.25, 0.3) is 0 Å². The van der Waals surface area contributed by atoms with E-state index in [0.717, 1.165) is 94.4 Å². The molecule has 1 N–H and O–H groups in total. The van der Waals surface area contributed by atoms with E-state index in [9.17, 15) is 0 Å². The van der Waals surface area contributed by atoms with Gasteiger partial charge in [0.2, 0.25) is 0 Å². The van der Waals surface area contributed by atoms with E-state index in [1.54, 1.807) is 0 Å². The summed E-state index contributed by atoms with van der Waals surface area (Å²) in [6, 6.07) is 59.1. The minimum Gasteiger partial charge on any atom is -0.456 e. The number of fused-ring (bicyclic) bond motifs is 11. The zero-order chi connectivity index (χ0) is 45.3. The van der Waals surface area contributed by atoms with Crippen LogP contribution in [0.1, 0.15) is 43.0 Å². The van der Waals surface area contributed by atoms with Crippen molar-refractivity contribution in [2.75, 3.05) is 0 Å². The molecular weight excluding hydrogens is 819 g/mol. The van der Waals surface area contributed by atoms with Gasteiger partial charge in [-0.3, -0.25) is 9.13 Å². The van der Waals surface area contributed by atoms with E-state index in [1.807, 2.05) is 18.3 Å². The summed E-state index contributed by atoms with van der Waals surface area (Å²) < 4.78 is 11.1. The molecule has 322 valence electrons. The highest BCUT2D eigenvalue weighted by Crippen LogP contribution is 2.45. The topological polar surface area (TPSA) is 64.6 Å². The highest BCUT2D eigenvalue weighted by atomic mass is 16.3. The van der Waals surface area contributed by atoms with Crippen molar-refractivity contribution >= 4 is 76.6 Å². The summed E-state index contributed by atoms with van der Waals surface area (Å²) in [5.41, 5.74) is 19.8. The molecule has 0 unspecified atom stereocenters. The first-order valence-electron chi connectivity index (χ1n) is 23.1. The van der Waals surface area contributed by atoms with Crippen LogP contribution in [0.4, 0.5) is 0 Å². The zero-order valence-electron chi connectivity index (χ0n) is 38.4. The number of benzene rings is 8. The SMILES string of the molecule is Cc1cc(C)c(-c2ccc3c(c2)c2ccc(-c4cccc5c4nc(-c4cc(C(C)(C)C)cc6c4[nH]c4ccc7oc8ccccc8c7c46)n5-c4ccccc4)cc2n3-c2ccccn2)c(C)c1. The second kappa shape index (κ2) is 14.4. The lowest BCUT2D eigenvalue weighted by Gasteiger charge is -2.21. The largest absolute Gasteiger partial charge is 0.456 e. The van der Waals surface area contributed by atoms with Gasteiger partial charge in [-0.05, 0) is 138 Å². The summed E-state index contributed by atoms with van der Waals surface area (Å²) in [7, 11) is 0. The molecule has 6 heteroatoms. The van der Waals surface area contributed by atoms with E-state index in [2.05, 4.69) is 207 Å². The summed E-state index contributed by atoms with van der Waals surface area (Å²) in [5, 5.41) is 6.94. The number of para-hydroxylation sites is 3. The van der Waals surface area contributed by atoms with Gasteiger partial charge in [0.15, 0.2) is 0 Å². The van der Waals surface area contributed by atoms with Crippen molar-refractivity contribution in [2.45, 2.75) is 47.0 Å². The fraction of sp³-hybridized carbons (Fsp3) is 0.115. The monoisotopic (exact) mass is 865 g/mol. The number of aromatic nitrogens is 5. The van der Waals surface area contributed by atoms with Crippen LogP contribution in [0, 0.1) is 20.8 Å². The van der Waals surface area contributed by atoms with Crippen molar-refractivity contribution < 1.29 is 4.42 Å². The maximum Gasteiger partial charge on any atom is 0.147 e. The Morgan fingerprint density at radius 1 is 0.537 bits per heavy atom. The number of aryl methyl sites for hydroxylation is 3. The number of hydrogen-bond acceptors (Lipinski definition) is 3. The normalized spacial score (nSPS) is 12.3. The van der Waals surface area contributed by atoms with Gasteiger partial charge in [0.1, 0.15) is 22.8 Å². The molecule has 0 amide bonds. The zero-order valence-corrected chi connectivity index (χ0v) is 38.4. The van der Waals surface area contributed by atoms with Gasteiger partial charge in [-0.1, -0.05) is 111 Å². The molecule has 0 saturated carbocycles. The Hall–Kier alpha value is -8.22. The van der Waals surface area contributed by atoms with E-state index in [1.165, 1.54) is 49.5 Å². The number of pyridine rings is 1. The average molecular weight is 866 g/mol. The number of nitrogens with zero attached hydrogens (tertiary/aromatic N) is 4. The minimum atomic E-state index is -0.145.